The Hall–Kier alpha value is -3.98. The van der Waals surface area contributed by atoms with E-state index in [1.54, 1.807) is 30.3 Å². The van der Waals surface area contributed by atoms with Crippen LogP contribution in [0.15, 0.2) is 77.8 Å². The van der Waals surface area contributed by atoms with Crippen LogP contribution in [0.4, 0.5) is 11.4 Å². The number of ether oxygens (including phenoxy) is 2. The number of hydrogen-bond acceptors (Lipinski definition) is 5. The van der Waals surface area contributed by atoms with Gasteiger partial charge in [-0.3, -0.25) is 9.52 Å². The van der Waals surface area contributed by atoms with Gasteiger partial charge in [-0.2, -0.15) is 0 Å². The molecule has 3 N–H and O–H groups in total. The Morgan fingerprint density at radius 3 is 2.49 bits per heavy atom. The molecule has 0 saturated carbocycles. The summed E-state index contributed by atoms with van der Waals surface area (Å²) in [6.07, 6.45) is 3.91. The summed E-state index contributed by atoms with van der Waals surface area (Å²) in [5.41, 5.74) is 3.28. The molecule has 1 aliphatic rings. The van der Waals surface area contributed by atoms with Crippen LogP contribution in [0.5, 0.6) is 11.5 Å². The Balaban J connectivity index is 1.15. The molecule has 0 saturated heterocycles. The molecule has 3 aromatic carbocycles. The molecule has 0 atom stereocenters. The second kappa shape index (κ2) is 9.71. The normalized spacial score (nSPS) is 12.9. The number of aryl methyl sites for hydroxylation is 1. The highest BCUT2D eigenvalue weighted by Crippen LogP contribution is 2.32. The van der Waals surface area contributed by atoms with E-state index in [0.717, 1.165) is 18.4 Å². The molecule has 0 unspecified atom stereocenters. The monoisotopic (exact) mass is 491 g/mol. The van der Waals surface area contributed by atoms with Crippen LogP contribution in [0.2, 0.25) is 0 Å². The smallest absolute Gasteiger partial charge is 0.262 e. The zero-order chi connectivity index (χ0) is 24.3. The Morgan fingerprint density at radius 2 is 1.66 bits per heavy atom. The lowest BCUT2D eigenvalue weighted by Crippen LogP contribution is -2.17. The standard InChI is InChI=1S/C26H25N3O5S/c30-26(7-3-4-18-17-27-23-6-2-1-5-22(18)23)28-19-8-10-20(11-9-19)29-35(31,32)21-12-13-24-25(16-21)34-15-14-33-24/h1-2,5-6,8-13,16-17,27,29H,3-4,7,14-15H2,(H,28,30). The van der Waals surface area contributed by atoms with Crippen LogP contribution in [0, 0.1) is 0 Å². The maximum atomic E-state index is 12.8. The summed E-state index contributed by atoms with van der Waals surface area (Å²) >= 11 is 0. The number of carbonyl (C=O) groups excluding carboxylic acids is 1. The molecular formula is C26H25N3O5S. The maximum Gasteiger partial charge on any atom is 0.262 e. The first-order valence-electron chi connectivity index (χ1n) is 11.4. The fraction of sp³-hybridized carbons (Fsp3) is 0.192. The average molecular weight is 492 g/mol. The van der Waals surface area contributed by atoms with Crippen LogP contribution >= 0.6 is 0 Å². The predicted molar refractivity (Wildman–Crippen MR) is 135 cm³/mol. The van der Waals surface area contributed by atoms with Crippen LogP contribution in [-0.4, -0.2) is 32.5 Å². The molecule has 2 heterocycles. The van der Waals surface area contributed by atoms with Crippen LogP contribution in [-0.2, 0) is 21.2 Å². The number of sulfonamides is 1. The molecular weight excluding hydrogens is 466 g/mol. The number of aromatic nitrogens is 1. The molecule has 8 nitrogen and oxygen atoms in total. The minimum Gasteiger partial charge on any atom is -0.486 e. The Bertz CT molecular complexity index is 1460. The average Bonchev–Trinajstić information content (AvgIpc) is 3.28. The number of aromatic amines is 1. The van der Waals surface area contributed by atoms with Crippen molar-refractivity contribution in [2.45, 2.75) is 24.2 Å². The first-order chi connectivity index (χ1) is 17.0. The number of anilines is 2. The first kappa shape index (κ1) is 22.8. The van der Waals surface area contributed by atoms with E-state index in [1.165, 1.54) is 23.1 Å². The lowest BCUT2D eigenvalue weighted by Gasteiger charge is -2.19. The van der Waals surface area contributed by atoms with Gasteiger partial charge >= 0.3 is 0 Å². The molecule has 0 spiro atoms. The van der Waals surface area contributed by atoms with Gasteiger partial charge in [0.05, 0.1) is 4.90 Å². The third-order valence-electron chi connectivity index (χ3n) is 5.77. The van der Waals surface area contributed by atoms with Gasteiger partial charge in [0.2, 0.25) is 5.91 Å². The van der Waals surface area contributed by atoms with Crippen LogP contribution in [0.25, 0.3) is 10.9 Å². The molecule has 1 aliphatic heterocycles. The van der Waals surface area contributed by atoms with Gasteiger partial charge in [-0.1, -0.05) is 18.2 Å². The zero-order valence-corrected chi connectivity index (χ0v) is 19.7. The van der Waals surface area contributed by atoms with Crippen LogP contribution in [0.3, 0.4) is 0 Å². The van der Waals surface area contributed by atoms with Crippen molar-refractivity contribution >= 4 is 38.2 Å². The van der Waals surface area contributed by atoms with Crippen molar-refractivity contribution < 1.29 is 22.7 Å². The van der Waals surface area contributed by atoms with Gasteiger partial charge in [-0.25, -0.2) is 8.42 Å². The predicted octanol–water partition coefficient (Wildman–Crippen LogP) is 4.70. The molecule has 4 aromatic rings. The van der Waals surface area contributed by atoms with Crippen molar-refractivity contribution in [2.75, 3.05) is 23.3 Å². The minimum atomic E-state index is -3.81. The summed E-state index contributed by atoms with van der Waals surface area (Å²) in [4.78, 5) is 15.7. The van der Waals surface area contributed by atoms with Crippen molar-refractivity contribution in [3.63, 3.8) is 0 Å². The quantitative estimate of drug-likeness (QED) is 0.331. The van der Waals surface area contributed by atoms with Gasteiger partial charge in [0, 0.05) is 41.0 Å². The van der Waals surface area contributed by atoms with Crippen molar-refractivity contribution in [3.05, 3.63) is 78.5 Å². The van der Waals surface area contributed by atoms with E-state index in [2.05, 4.69) is 21.1 Å². The first-order valence-corrected chi connectivity index (χ1v) is 12.8. The summed E-state index contributed by atoms with van der Waals surface area (Å²) in [5.74, 6) is 0.841. The third-order valence-corrected chi connectivity index (χ3v) is 7.15. The van der Waals surface area contributed by atoms with Gasteiger partial charge in [0.25, 0.3) is 10.0 Å². The highest BCUT2D eigenvalue weighted by molar-refractivity contribution is 7.92. The van der Waals surface area contributed by atoms with Crippen molar-refractivity contribution in [3.8, 4) is 11.5 Å². The van der Waals surface area contributed by atoms with E-state index in [0.29, 0.717) is 42.5 Å². The molecule has 0 fully saturated rings. The van der Waals surface area contributed by atoms with E-state index in [4.69, 9.17) is 9.47 Å². The fourth-order valence-electron chi connectivity index (χ4n) is 4.03. The van der Waals surface area contributed by atoms with E-state index in [9.17, 15) is 13.2 Å². The SMILES string of the molecule is O=C(CCCc1c[nH]c2ccccc12)Nc1ccc(NS(=O)(=O)c2ccc3c(c2)OCCO3)cc1. The van der Waals surface area contributed by atoms with E-state index < -0.39 is 10.0 Å². The summed E-state index contributed by atoms with van der Waals surface area (Å²) in [7, 11) is -3.81. The van der Waals surface area contributed by atoms with Gasteiger partial charge in [-0.15, -0.1) is 0 Å². The second-order valence-electron chi connectivity index (χ2n) is 8.25. The number of amides is 1. The molecule has 35 heavy (non-hydrogen) atoms. The Kier molecular flexibility index (Phi) is 6.33. The third kappa shape index (κ3) is 5.25. The molecule has 1 amide bonds. The molecule has 9 heteroatoms. The van der Waals surface area contributed by atoms with Crippen molar-refractivity contribution in [1.29, 1.82) is 0 Å². The molecule has 5 rings (SSSR count). The summed E-state index contributed by atoms with van der Waals surface area (Å²) in [6.45, 7) is 0.810. The summed E-state index contributed by atoms with van der Waals surface area (Å²) in [6, 6.07) is 19.2. The molecule has 0 aliphatic carbocycles. The van der Waals surface area contributed by atoms with Gasteiger partial charge in [0.15, 0.2) is 11.5 Å². The lowest BCUT2D eigenvalue weighted by molar-refractivity contribution is -0.116. The van der Waals surface area contributed by atoms with Crippen LogP contribution in [0.1, 0.15) is 18.4 Å². The highest BCUT2D eigenvalue weighted by Gasteiger charge is 2.19. The van der Waals surface area contributed by atoms with E-state index in [-0.39, 0.29) is 10.8 Å². The second-order valence-corrected chi connectivity index (χ2v) is 9.93. The summed E-state index contributed by atoms with van der Waals surface area (Å²) in [5, 5.41) is 4.04. The number of benzene rings is 3. The lowest BCUT2D eigenvalue weighted by atomic mass is 10.1. The van der Waals surface area contributed by atoms with Crippen molar-refractivity contribution in [1.82, 2.24) is 4.98 Å². The van der Waals surface area contributed by atoms with Gasteiger partial charge in [0.1, 0.15) is 13.2 Å². The molecule has 0 bridgehead atoms. The number of hydrogen-bond donors (Lipinski definition) is 3. The number of carbonyl (C=O) groups is 1. The largest absolute Gasteiger partial charge is 0.486 e. The Morgan fingerprint density at radius 1 is 0.914 bits per heavy atom. The highest BCUT2D eigenvalue weighted by atomic mass is 32.2. The van der Waals surface area contributed by atoms with E-state index in [1.807, 2.05) is 24.4 Å². The van der Waals surface area contributed by atoms with Crippen LogP contribution < -0.4 is 19.5 Å². The Labute approximate surface area is 203 Å². The zero-order valence-electron chi connectivity index (χ0n) is 18.9. The number of H-pyrrole nitrogens is 1. The number of rotatable bonds is 8. The topological polar surface area (TPSA) is 110 Å². The molecule has 1 aromatic heterocycles. The fourth-order valence-corrected chi connectivity index (χ4v) is 5.10. The van der Waals surface area contributed by atoms with E-state index >= 15 is 0 Å². The van der Waals surface area contributed by atoms with Gasteiger partial charge < -0.3 is 19.8 Å². The van der Waals surface area contributed by atoms with Gasteiger partial charge in [-0.05, 0) is 60.9 Å². The molecule has 0 radical (unpaired) electrons. The minimum absolute atomic E-state index is 0.0781. The van der Waals surface area contributed by atoms with Crippen molar-refractivity contribution in [2.24, 2.45) is 0 Å². The number of fused-ring (bicyclic) bond motifs is 2. The molecule has 180 valence electrons. The summed E-state index contributed by atoms with van der Waals surface area (Å²) < 4.78 is 39.0. The maximum absolute atomic E-state index is 12.8. The number of nitrogens with one attached hydrogen (secondary N) is 3. The number of para-hydroxylation sites is 1.